The van der Waals surface area contributed by atoms with Crippen LogP contribution in [-0.4, -0.2) is 37.4 Å². The van der Waals surface area contributed by atoms with Crippen molar-refractivity contribution in [3.05, 3.63) is 71.8 Å². The fraction of sp³-hybridized carbons (Fsp3) is 0.273. The number of nitrogens with zero attached hydrogens (tertiary/aromatic N) is 1. The second kappa shape index (κ2) is 9.57. The molecule has 0 atom stereocenters. The Balaban J connectivity index is 1.96. The molecule has 0 aliphatic carbocycles. The third-order valence-electron chi connectivity index (χ3n) is 3.91. The van der Waals surface area contributed by atoms with E-state index in [9.17, 15) is 9.59 Å². The summed E-state index contributed by atoms with van der Waals surface area (Å²) in [6, 6.07) is 14.5. The molecule has 0 aliphatic heterocycles. The second-order valence-electron chi connectivity index (χ2n) is 6.71. The Bertz CT molecular complexity index is 811. The van der Waals surface area contributed by atoms with Gasteiger partial charge in [0.05, 0.1) is 0 Å². The van der Waals surface area contributed by atoms with Crippen molar-refractivity contribution in [1.82, 2.24) is 4.90 Å². The number of hydrogen-bond acceptors (Lipinski definition) is 3. The molecule has 0 bridgehead atoms. The summed E-state index contributed by atoms with van der Waals surface area (Å²) in [5.41, 5.74) is 3.19. The van der Waals surface area contributed by atoms with Crippen molar-refractivity contribution in [2.45, 2.75) is 19.8 Å². The molecular formula is C22H26N2O3. The van der Waals surface area contributed by atoms with E-state index in [0.717, 1.165) is 11.1 Å². The van der Waals surface area contributed by atoms with Gasteiger partial charge in [0.2, 0.25) is 5.91 Å². The quantitative estimate of drug-likeness (QED) is 0.721. The van der Waals surface area contributed by atoms with Gasteiger partial charge in [-0.25, -0.2) is 0 Å². The van der Waals surface area contributed by atoms with Crippen molar-refractivity contribution < 1.29 is 14.3 Å². The summed E-state index contributed by atoms with van der Waals surface area (Å²) < 4.78 is 5.54. The molecule has 0 unspecified atom stereocenters. The molecule has 0 radical (unpaired) electrons. The van der Waals surface area contributed by atoms with Gasteiger partial charge < -0.3 is 15.0 Å². The maximum absolute atomic E-state index is 12.4. The minimum Gasteiger partial charge on any atom is -0.489 e. The normalized spacial score (nSPS) is 10.2. The van der Waals surface area contributed by atoms with Crippen LogP contribution in [0, 0.1) is 0 Å². The smallest absolute Gasteiger partial charge is 0.255 e. The molecule has 2 aromatic rings. The van der Waals surface area contributed by atoms with Gasteiger partial charge in [-0.3, -0.25) is 9.59 Å². The Kier molecular flexibility index (Phi) is 7.17. The van der Waals surface area contributed by atoms with Crippen molar-refractivity contribution in [1.29, 1.82) is 0 Å². The lowest BCUT2D eigenvalue weighted by atomic mass is 10.1. The van der Waals surface area contributed by atoms with E-state index < -0.39 is 0 Å². The van der Waals surface area contributed by atoms with E-state index in [1.165, 1.54) is 0 Å². The zero-order chi connectivity index (χ0) is 19.8. The molecular weight excluding hydrogens is 340 g/mol. The van der Waals surface area contributed by atoms with Crippen molar-refractivity contribution in [3.63, 3.8) is 0 Å². The third-order valence-corrected chi connectivity index (χ3v) is 3.91. The maximum atomic E-state index is 12.4. The van der Waals surface area contributed by atoms with E-state index in [1.54, 1.807) is 43.3 Å². The number of carbonyl (C=O) groups is 2. The van der Waals surface area contributed by atoms with E-state index in [2.05, 4.69) is 11.9 Å². The van der Waals surface area contributed by atoms with E-state index in [-0.39, 0.29) is 11.8 Å². The predicted octanol–water partition coefficient (Wildman–Crippen LogP) is 3.91. The van der Waals surface area contributed by atoms with Gasteiger partial charge in [0, 0.05) is 31.8 Å². The minimum absolute atomic E-state index is 0.0818. The van der Waals surface area contributed by atoms with Crippen LogP contribution >= 0.6 is 0 Å². The first-order chi connectivity index (χ1) is 12.8. The van der Waals surface area contributed by atoms with Crippen LogP contribution in [0.1, 0.15) is 29.3 Å². The molecule has 2 rings (SSSR count). The van der Waals surface area contributed by atoms with Crippen molar-refractivity contribution in [3.8, 4) is 5.75 Å². The third kappa shape index (κ3) is 6.62. The van der Waals surface area contributed by atoms with Crippen molar-refractivity contribution in [2.75, 3.05) is 26.0 Å². The van der Waals surface area contributed by atoms with Crippen LogP contribution < -0.4 is 10.1 Å². The van der Waals surface area contributed by atoms with Crippen LogP contribution in [0.5, 0.6) is 5.75 Å². The average molecular weight is 366 g/mol. The Morgan fingerprint density at radius 1 is 1.11 bits per heavy atom. The molecule has 0 saturated heterocycles. The van der Waals surface area contributed by atoms with Crippen LogP contribution in [0.25, 0.3) is 0 Å². The Morgan fingerprint density at radius 2 is 1.81 bits per heavy atom. The highest BCUT2D eigenvalue weighted by molar-refractivity contribution is 6.04. The van der Waals surface area contributed by atoms with Crippen molar-refractivity contribution >= 4 is 17.5 Å². The van der Waals surface area contributed by atoms with Gasteiger partial charge in [0.1, 0.15) is 12.4 Å². The first-order valence-corrected chi connectivity index (χ1v) is 8.83. The average Bonchev–Trinajstić information content (AvgIpc) is 2.65. The SMILES string of the molecule is C=C(C)COc1ccc(C(=O)Nc2cccc(CCC(=O)N(C)C)c2)cc1. The summed E-state index contributed by atoms with van der Waals surface area (Å²) in [4.78, 5) is 25.7. The fourth-order valence-corrected chi connectivity index (χ4v) is 2.39. The highest BCUT2D eigenvalue weighted by Crippen LogP contribution is 2.16. The van der Waals surface area contributed by atoms with Crippen LogP contribution in [0.2, 0.25) is 0 Å². The van der Waals surface area contributed by atoms with E-state index >= 15 is 0 Å². The summed E-state index contributed by atoms with van der Waals surface area (Å²) in [7, 11) is 3.49. The molecule has 0 heterocycles. The zero-order valence-electron chi connectivity index (χ0n) is 16.1. The lowest BCUT2D eigenvalue weighted by Gasteiger charge is -2.11. The summed E-state index contributed by atoms with van der Waals surface area (Å²) in [6.07, 6.45) is 1.07. The first kappa shape index (κ1) is 20.2. The van der Waals surface area contributed by atoms with Crippen molar-refractivity contribution in [2.24, 2.45) is 0 Å². The van der Waals surface area contributed by atoms with Gasteiger partial charge in [-0.05, 0) is 60.9 Å². The molecule has 142 valence electrons. The topological polar surface area (TPSA) is 58.6 Å². The second-order valence-corrected chi connectivity index (χ2v) is 6.71. The van der Waals surface area contributed by atoms with Crippen LogP contribution in [0.4, 0.5) is 5.69 Å². The minimum atomic E-state index is -0.192. The molecule has 1 N–H and O–H groups in total. The van der Waals surface area contributed by atoms with Gasteiger partial charge in [0.25, 0.3) is 5.91 Å². The number of anilines is 1. The van der Waals surface area contributed by atoms with E-state index in [4.69, 9.17) is 4.74 Å². The highest BCUT2D eigenvalue weighted by Gasteiger charge is 2.08. The molecule has 27 heavy (non-hydrogen) atoms. The number of benzene rings is 2. The van der Waals surface area contributed by atoms with Crippen LogP contribution in [-0.2, 0) is 11.2 Å². The van der Waals surface area contributed by atoms with Gasteiger partial charge in [0.15, 0.2) is 0 Å². The number of carbonyl (C=O) groups excluding carboxylic acids is 2. The highest BCUT2D eigenvalue weighted by atomic mass is 16.5. The van der Waals surface area contributed by atoms with Gasteiger partial charge in [-0.1, -0.05) is 18.7 Å². The molecule has 0 spiro atoms. The standard InChI is InChI=1S/C22H26N2O3/c1-16(2)15-27-20-11-9-18(10-12-20)22(26)23-19-7-5-6-17(14-19)8-13-21(25)24(3)4/h5-7,9-12,14H,1,8,13,15H2,2-4H3,(H,23,26). The molecule has 2 aromatic carbocycles. The number of nitrogens with one attached hydrogen (secondary N) is 1. The molecule has 0 aliphatic rings. The summed E-state index contributed by atoms with van der Waals surface area (Å²) in [5.74, 6) is 0.587. The number of hydrogen-bond donors (Lipinski definition) is 1. The number of amides is 2. The number of rotatable bonds is 8. The maximum Gasteiger partial charge on any atom is 0.255 e. The zero-order valence-corrected chi connectivity index (χ0v) is 16.1. The molecule has 2 amide bonds. The predicted molar refractivity (Wildman–Crippen MR) is 108 cm³/mol. The van der Waals surface area contributed by atoms with Crippen LogP contribution in [0.15, 0.2) is 60.7 Å². The summed E-state index contributed by atoms with van der Waals surface area (Å²) in [5, 5.41) is 2.89. The molecule has 0 saturated carbocycles. The fourth-order valence-electron chi connectivity index (χ4n) is 2.39. The lowest BCUT2D eigenvalue weighted by molar-refractivity contribution is -0.128. The molecule has 5 nitrogen and oxygen atoms in total. The van der Waals surface area contributed by atoms with Gasteiger partial charge >= 0.3 is 0 Å². The first-order valence-electron chi connectivity index (χ1n) is 8.83. The molecule has 0 aromatic heterocycles. The van der Waals surface area contributed by atoms with Crippen LogP contribution in [0.3, 0.4) is 0 Å². The monoisotopic (exact) mass is 366 g/mol. The van der Waals surface area contributed by atoms with E-state index in [1.807, 2.05) is 31.2 Å². The summed E-state index contributed by atoms with van der Waals surface area (Å²) >= 11 is 0. The largest absolute Gasteiger partial charge is 0.489 e. The number of ether oxygens (including phenoxy) is 1. The Morgan fingerprint density at radius 3 is 2.44 bits per heavy atom. The Labute approximate surface area is 160 Å². The summed E-state index contributed by atoms with van der Waals surface area (Å²) in [6.45, 7) is 6.14. The molecule has 0 fully saturated rings. The van der Waals surface area contributed by atoms with Gasteiger partial charge in [-0.2, -0.15) is 0 Å². The Hall–Kier alpha value is -3.08. The lowest BCUT2D eigenvalue weighted by Crippen LogP contribution is -2.21. The van der Waals surface area contributed by atoms with E-state index in [0.29, 0.717) is 36.4 Å². The van der Waals surface area contributed by atoms with Gasteiger partial charge in [-0.15, -0.1) is 0 Å². The number of aryl methyl sites for hydroxylation is 1. The molecule has 5 heteroatoms.